The molecular formula is C31H49NO3. The molecule has 0 unspecified atom stereocenters. The number of carbonyl (C=O) groups excluding carboxylic acids is 2. The van der Waals surface area contributed by atoms with Crippen molar-refractivity contribution < 1.29 is 14.3 Å². The number of hydrogen-bond acceptors (Lipinski definition) is 4. The standard InChI is InChI=1S/C31H49NO3/c1-21(33)25-9-10-26-24-8-7-22-19-23(11-15-30(22,4)27(24)12-16-31(25,26)5)35-28(34)13-18-32-17-6-14-29(2,3)20-32/h9,22-24,26-27H,6-8,10-20H2,1-5H3/t22-,23+,24-,26+,27+,30-,31-/m0/s1. The Hall–Kier alpha value is -1.16. The number of esters is 1. The minimum absolute atomic E-state index is 0.0119. The van der Waals surface area contributed by atoms with Crippen molar-refractivity contribution >= 4 is 11.8 Å². The summed E-state index contributed by atoms with van der Waals surface area (Å²) in [4.78, 5) is 27.5. The van der Waals surface area contributed by atoms with E-state index >= 15 is 0 Å². The third kappa shape index (κ3) is 4.66. The van der Waals surface area contributed by atoms with Crippen LogP contribution in [0.1, 0.15) is 105 Å². The highest BCUT2D eigenvalue weighted by molar-refractivity contribution is 5.95. The molecule has 0 N–H and O–H groups in total. The van der Waals surface area contributed by atoms with Gasteiger partial charge in [0.25, 0.3) is 0 Å². The smallest absolute Gasteiger partial charge is 0.307 e. The Labute approximate surface area is 213 Å². The van der Waals surface area contributed by atoms with Gasteiger partial charge in [-0.1, -0.05) is 33.8 Å². The lowest BCUT2D eigenvalue weighted by Gasteiger charge is -2.60. The van der Waals surface area contributed by atoms with Crippen LogP contribution in [-0.2, 0) is 14.3 Å². The molecule has 196 valence electrons. The largest absolute Gasteiger partial charge is 0.462 e. The van der Waals surface area contributed by atoms with Gasteiger partial charge in [0.2, 0.25) is 0 Å². The summed E-state index contributed by atoms with van der Waals surface area (Å²) in [7, 11) is 0. The zero-order valence-electron chi connectivity index (χ0n) is 23.0. The molecule has 1 saturated heterocycles. The number of piperidine rings is 1. The number of ketones is 1. The SMILES string of the molecule is CC(=O)C1=CC[C@@H]2[C@@H]3CC[C@H]4C[C@H](OC(=O)CCN5CCCC(C)(C)C5)CC[C@]4(C)[C@@H]3CC[C@@]12C. The highest BCUT2D eigenvalue weighted by Gasteiger charge is 2.59. The van der Waals surface area contributed by atoms with Crippen molar-refractivity contribution in [1.29, 1.82) is 0 Å². The van der Waals surface area contributed by atoms with Crippen molar-refractivity contribution in [3.05, 3.63) is 11.6 Å². The molecule has 35 heavy (non-hydrogen) atoms. The maximum atomic E-state index is 12.7. The number of hydrogen-bond donors (Lipinski definition) is 0. The number of likely N-dealkylation sites (tertiary alicyclic amines) is 1. The van der Waals surface area contributed by atoms with Gasteiger partial charge in [-0.2, -0.15) is 0 Å². The zero-order valence-corrected chi connectivity index (χ0v) is 23.0. The molecular weight excluding hydrogens is 434 g/mol. The van der Waals surface area contributed by atoms with Gasteiger partial charge in [-0.25, -0.2) is 0 Å². The first-order valence-corrected chi connectivity index (χ1v) is 14.7. The molecule has 4 heteroatoms. The Balaban J connectivity index is 1.16. The van der Waals surface area contributed by atoms with E-state index in [-0.39, 0.29) is 17.5 Å². The quantitative estimate of drug-likeness (QED) is 0.415. The Morgan fingerprint density at radius 3 is 2.57 bits per heavy atom. The lowest BCUT2D eigenvalue weighted by molar-refractivity contribution is -0.161. The van der Waals surface area contributed by atoms with E-state index in [0.29, 0.717) is 34.9 Å². The third-order valence-corrected chi connectivity index (χ3v) is 11.5. The maximum absolute atomic E-state index is 12.7. The monoisotopic (exact) mass is 483 g/mol. The van der Waals surface area contributed by atoms with Crippen LogP contribution in [0.25, 0.3) is 0 Å². The number of carbonyl (C=O) groups is 2. The summed E-state index contributed by atoms with van der Waals surface area (Å²) in [5, 5.41) is 0. The molecule has 0 aromatic carbocycles. The Kier molecular flexibility index (Phi) is 6.77. The maximum Gasteiger partial charge on any atom is 0.307 e. The molecule has 4 aliphatic carbocycles. The summed E-state index contributed by atoms with van der Waals surface area (Å²) in [6, 6.07) is 0. The van der Waals surface area contributed by atoms with E-state index in [9.17, 15) is 9.59 Å². The van der Waals surface area contributed by atoms with Crippen molar-refractivity contribution in [2.24, 2.45) is 39.9 Å². The molecule has 5 aliphatic rings. The van der Waals surface area contributed by atoms with Gasteiger partial charge in [0.15, 0.2) is 5.78 Å². The molecule has 5 rings (SSSR count). The molecule has 1 heterocycles. The van der Waals surface area contributed by atoms with Crippen LogP contribution in [0.5, 0.6) is 0 Å². The summed E-state index contributed by atoms with van der Waals surface area (Å²) in [5.41, 5.74) is 1.96. The minimum atomic E-state index is 0.0119. The molecule has 4 nitrogen and oxygen atoms in total. The molecule has 4 fully saturated rings. The van der Waals surface area contributed by atoms with Gasteiger partial charge in [0.05, 0.1) is 6.42 Å². The van der Waals surface area contributed by atoms with Gasteiger partial charge in [0.1, 0.15) is 6.10 Å². The number of fused-ring (bicyclic) bond motifs is 5. The molecule has 0 aromatic heterocycles. The van der Waals surface area contributed by atoms with Crippen LogP contribution in [0.4, 0.5) is 0 Å². The number of rotatable bonds is 5. The van der Waals surface area contributed by atoms with E-state index in [2.05, 4.69) is 38.7 Å². The van der Waals surface area contributed by atoms with E-state index in [1.807, 2.05) is 0 Å². The highest BCUT2D eigenvalue weighted by atomic mass is 16.5. The first-order valence-electron chi connectivity index (χ1n) is 14.7. The topological polar surface area (TPSA) is 46.6 Å². The molecule has 0 amide bonds. The molecule has 3 saturated carbocycles. The number of allylic oxidation sites excluding steroid dienone is 2. The summed E-state index contributed by atoms with van der Waals surface area (Å²) >= 11 is 0. The average Bonchev–Trinajstić information content (AvgIpc) is 3.15. The van der Waals surface area contributed by atoms with Crippen molar-refractivity contribution in [2.75, 3.05) is 19.6 Å². The number of Topliss-reactive ketones (excluding diaryl/α,β-unsaturated/α-hetero) is 1. The fourth-order valence-electron chi connectivity index (χ4n) is 9.67. The number of nitrogens with zero attached hydrogens (tertiary/aromatic N) is 1. The van der Waals surface area contributed by atoms with Crippen molar-refractivity contribution in [3.8, 4) is 0 Å². The fraction of sp³-hybridized carbons (Fsp3) is 0.871. The Morgan fingerprint density at radius 2 is 1.83 bits per heavy atom. The van der Waals surface area contributed by atoms with E-state index in [1.165, 1.54) is 38.5 Å². The van der Waals surface area contributed by atoms with Gasteiger partial charge >= 0.3 is 5.97 Å². The van der Waals surface area contributed by atoms with Gasteiger partial charge in [-0.3, -0.25) is 9.59 Å². The fourth-order valence-corrected chi connectivity index (χ4v) is 9.67. The van der Waals surface area contributed by atoms with Crippen molar-refractivity contribution in [2.45, 2.75) is 111 Å². The van der Waals surface area contributed by atoms with Gasteiger partial charge in [0, 0.05) is 13.1 Å². The van der Waals surface area contributed by atoms with Crippen LogP contribution >= 0.6 is 0 Å². The van der Waals surface area contributed by atoms with E-state index in [1.54, 1.807) is 6.92 Å². The molecule has 0 bridgehead atoms. The predicted octanol–water partition coefficient (Wildman–Crippen LogP) is 6.58. The van der Waals surface area contributed by atoms with Gasteiger partial charge in [-0.15, -0.1) is 0 Å². The third-order valence-electron chi connectivity index (χ3n) is 11.5. The normalized spacial score (nSPS) is 42.9. The number of ether oxygens (including phenoxy) is 1. The second-order valence-corrected chi connectivity index (χ2v) is 14.2. The minimum Gasteiger partial charge on any atom is -0.462 e. The summed E-state index contributed by atoms with van der Waals surface area (Å²) in [5.74, 6) is 3.13. The zero-order chi connectivity index (χ0) is 25.0. The average molecular weight is 484 g/mol. The second-order valence-electron chi connectivity index (χ2n) is 14.2. The second kappa shape index (κ2) is 9.30. The van der Waals surface area contributed by atoms with E-state index in [4.69, 9.17) is 4.74 Å². The van der Waals surface area contributed by atoms with Crippen LogP contribution in [-0.4, -0.2) is 42.4 Å². The molecule has 1 aliphatic heterocycles. The van der Waals surface area contributed by atoms with Crippen LogP contribution in [0, 0.1) is 39.9 Å². The molecule has 0 spiro atoms. The van der Waals surface area contributed by atoms with Crippen LogP contribution in [0.3, 0.4) is 0 Å². The molecule has 0 aromatic rings. The Morgan fingerprint density at radius 1 is 1.03 bits per heavy atom. The lowest BCUT2D eigenvalue weighted by Crippen LogP contribution is -2.54. The van der Waals surface area contributed by atoms with Crippen molar-refractivity contribution in [1.82, 2.24) is 4.90 Å². The summed E-state index contributed by atoms with van der Waals surface area (Å²) < 4.78 is 6.08. The summed E-state index contributed by atoms with van der Waals surface area (Å²) in [6.07, 6.45) is 14.8. The van der Waals surface area contributed by atoms with Crippen molar-refractivity contribution in [3.63, 3.8) is 0 Å². The molecule has 0 radical (unpaired) electrons. The first kappa shape index (κ1) is 25.5. The lowest BCUT2D eigenvalue weighted by atomic mass is 9.44. The van der Waals surface area contributed by atoms with Gasteiger partial charge < -0.3 is 9.64 Å². The van der Waals surface area contributed by atoms with Crippen LogP contribution in [0.15, 0.2) is 11.6 Å². The van der Waals surface area contributed by atoms with E-state index < -0.39 is 0 Å². The van der Waals surface area contributed by atoms with E-state index in [0.717, 1.165) is 62.7 Å². The van der Waals surface area contributed by atoms with Gasteiger partial charge in [-0.05, 0) is 123 Å². The summed E-state index contributed by atoms with van der Waals surface area (Å²) in [6.45, 7) is 14.4. The molecule has 7 atom stereocenters. The first-order chi connectivity index (χ1) is 16.5. The predicted molar refractivity (Wildman–Crippen MR) is 140 cm³/mol. The van der Waals surface area contributed by atoms with Crippen LogP contribution < -0.4 is 0 Å². The van der Waals surface area contributed by atoms with Crippen LogP contribution in [0.2, 0.25) is 0 Å². The highest BCUT2D eigenvalue weighted by Crippen LogP contribution is 2.66. The Bertz CT molecular complexity index is 876.